The molecular weight excluding hydrogens is 340 g/mol. The van der Waals surface area contributed by atoms with Crippen molar-refractivity contribution in [3.8, 4) is 5.75 Å². The van der Waals surface area contributed by atoms with Crippen molar-refractivity contribution in [1.29, 1.82) is 0 Å². The second-order valence-electron chi connectivity index (χ2n) is 6.99. The Balaban J connectivity index is 1.71. The Morgan fingerprint density at radius 3 is 2.56 bits per heavy atom. The first-order chi connectivity index (χ1) is 13.0. The second-order valence-corrected chi connectivity index (χ2v) is 6.99. The Morgan fingerprint density at radius 2 is 1.89 bits per heavy atom. The third-order valence-electron chi connectivity index (χ3n) is 4.96. The molecule has 0 saturated carbocycles. The van der Waals surface area contributed by atoms with Crippen LogP contribution in [0.25, 0.3) is 0 Å². The van der Waals surface area contributed by atoms with Crippen molar-refractivity contribution in [2.24, 2.45) is 0 Å². The van der Waals surface area contributed by atoms with E-state index in [-0.39, 0.29) is 17.9 Å². The molecule has 0 radical (unpaired) electrons. The molecule has 0 spiro atoms. The van der Waals surface area contributed by atoms with Gasteiger partial charge in [0.05, 0.1) is 13.2 Å². The summed E-state index contributed by atoms with van der Waals surface area (Å²) in [6.45, 7) is 4.70. The molecule has 142 valence electrons. The van der Waals surface area contributed by atoms with Crippen LogP contribution in [0.2, 0.25) is 0 Å². The Hall–Kier alpha value is -2.82. The summed E-state index contributed by atoms with van der Waals surface area (Å²) in [5, 5.41) is 3.02. The van der Waals surface area contributed by atoms with Gasteiger partial charge in [-0.1, -0.05) is 17.7 Å². The van der Waals surface area contributed by atoms with Gasteiger partial charge in [0, 0.05) is 29.8 Å². The number of hydrogen-bond donors (Lipinski definition) is 1. The van der Waals surface area contributed by atoms with E-state index >= 15 is 0 Å². The zero-order valence-electron chi connectivity index (χ0n) is 16.1. The first-order valence-electron chi connectivity index (χ1n) is 9.35. The minimum atomic E-state index is -0.185. The second kappa shape index (κ2) is 8.25. The third kappa shape index (κ3) is 4.30. The number of ether oxygens (including phenoxy) is 1. The van der Waals surface area contributed by atoms with E-state index in [2.05, 4.69) is 5.32 Å². The number of aryl methyl sites for hydroxylation is 1. The lowest BCUT2D eigenvalue weighted by molar-refractivity contribution is -0.119. The molecule has 5 heteroatoms. The SMILES string of the molecule is COc1ccc(C)cc1[C@H](C)NC(=O)c1ccc(N2CCCCC2=O)cc1. The van der Waals surface area contributed by atoms with Crippen LogP contribution in [0.15, 0.2) is 42.5 Å². The Morgan fingerprint density at radius 1 is 1.15 bits per heavy atom. The van der Waals surface area contributed by atoms with Crippen molar-refractivity contribution < 1.29 is 14.3 Å². The number of amides is 2. The van der Waals surface area contributed by atoms with Crippen LogP contribution in [-0.4, -0.2) is 25.5 Å². The van der Waals surface area contributed by atoms with Crippen molar-refractivity contribution in [2.45, 2.75) is 39.2 Å². The van der Waals surface area contributed by atoms with Gasteiger partial charge >= 0.3 is 0 Å². The fraction of sp³-hybridized carbons (Fsp3) is 0.364. The van der Waals surface area contributed by atoms with Crippen LogP contribution in [0.3, 0.4) is 0 Å². The molecule has 0 aromatic heterocycles. The van der Waals surface area contributed by atoms with Gasteiger partial charge in [-0.3, -0.25) is 9.59 Å². The van der Waals surface area contributed by atoms with Crippen LogP contribution >= 0.6 is 0 Å². The lowest BCUT2D eigenvalue weighted by Gasteiger charge is -2.26. The number of nitrogens with one attached hydrogen (secondary N) is 1. The van der Waals surface area contributed by atoms with E-state index in [4.69, 9.17) is 4.74 Å². The van der Waals surface area contributed by atoms with Gasteiger partial charge in [0.15, 0.2) is 0 Å². The van der Waals surface area contributed by atoms with E-state index in [1.807, 2.05) is 44.2 Å². The minimum Gasteiger partial charge on any atom is -0.496 e. The summed E-state index contributed by atoms with van der Waals surface area (Å²) in [5.74, 6) is 0.758. The number of nitrogens with zero attached hydrogens (tertiary/aromatic N) is 1. The third-order valence-corrected chi connectivity index (χ3v) is 4.96. The van der Waals surface area contributed by atoms with Crippen LogP contribution in [-0.2, 0) is 4.79 Å². The summed E-state index contributed by atoms with van der Waals surface area (Å²) in [6, 6.07) is 13.0. The molecule has 5 nitrogen and oxygen atoms in total. The Labute approximate surface area is 160 Å². The lowest BCUT2D eigenvalue weighted by atomic mass is 10.0. The van der Waals surface area contributed by atoms with E-state index in [1.165, 1.54) is 0 Å². The van der Waals surface area contributed by atoms with Crippen molar-refractivity contribution in [2.75, 3.05) is 18.6 Å². The number of methoxy groups -OCH3 is 1. The highest BCUT2D eigenvalue weighted by Gasteiger charge is 2.20. The smallest absolute Gasteiger partial charge is 0.251 e. The summed E-state index contributed by atoms with van der Waals surface area (Å²) in [4.78, 5) is 26.5. The molecule has 1 heterocycles. The molecule has 1 aliphatic heterocycles. The molecule has 1 saturated heterocycles. The average molecular weight is 366 g/mol. The van der Waals surface area contributed by atoms with Crippen LogP contribution in [0.4, 0.5) is 5.69 Å². The zero-order chi connectivity index (χ0) is 19.4. The number of carbonyl (C=O) groups is 2. The maximum Gasteiger partial charge on any atom is 0.251 e. The van der Waals surface area contributed by atoms with Crippen molar-refractivity contribution in [3.05, 3.63) is 59.2 Å². The first-order valence-corrected chi connectivity index (χ1v) is 9.35. The number of piperidine rings is 1. The highest BCUT2D eigenvalue weighted by atomic mass is 16.5. The predicted octanol–water partition coefficient (Wildman–Crippen LogP) is 4.01. The maximum absolute atomic E-state index is 12.6. The molecule has 1 N–H and O–H groups in total. The maximum atomic E-state index is 12.6. The van der Waals surface area contributed by atoms with Gasteiger partial charge in [0.25, 0.3) is 5.91 Å². The van der Waals surface area contributed by atoms with E-state index < -0.39 is 0 Å². The normalized spacial score (nSPS) is 15.4. The summed E-state index contributed by atoms with van der Waals surface area (Å²) in [7, 11) is 1.63. The lowest BCUT2D eigenvalue weighted by Crippen LogP contribution is -2.35. The highest BCUT2D eigenvalue weighted by molar-refractivity contribution is 5.97. The number of hydrogen-bond acceptors (Lipinski definition) is 3. The van der Waals surface area contributed by atoms with Crippen molar-refractivity contribution >= 4 is 17.5 Å². The molecule has 0 bridgehead atoms. The Bertz CT molecular complexity index is 830. The summed E-state index contributed by atoms with van der Waals surface area (Å²) in [5.41, 5.74) is 3.48. The molecule has 1 atom stereocenters. The standard InChI is InChI=1S/C22H26N2O3/c1-15-7-12-20(27-3)19(14-15)16(2)23-22(26)17-8-10-18(11-9-17)24-13-5-4-6-21(24)25/h7-12,14,16H,4-6,13H2,1-3H3,(H,23,26)/t16-/m0/s1. The van der Waals surface area contributed by atoms with Crippen molar-refractivity contribution in [1.82, 2.24) is 5.32 Å². The predicted molar refractivity (Wildman–Crippen MR) is 106 cm³/mol. The van der Waals surface area contributed by atoms with Gasteiger partial charge in [0.2, 0.25) is 5.91 Å². The zero-order valence-corrected chi connectivity index (χ0v) is 16.1. The van der Waals surface area contributed by atoms with Gasteiger partial charge in [-0.2, -0.15) is 0 Å². The van der Waals surface area contributed by atoms with E-state index in [9.17, 15) is 9.59 Å². The van der Waals surface area contributed by atoms with Crippen LogP contribution in [0, 0.1) is 6.92 Å². The number of benzene rings is 2. The molecule has 1 fully saturated rings. The molecule has 2 amide bonds. The van der Waals surface area contributed by atoms with Gasteiger partial charge in [-0.15, -0.1) is 0 Å². The van der Waals surface area contributed by atoms with E-state index in [0.717, 1.165) is 42.0 Å². The molecule has 1 aliphatic rings. The molecular formula is C22H26N2O3. The minimum absolute atomic E-state index is 0.150. The van der Waals surface area contributed by atoms with E-state index in [1.54, 1.807) is 24.1 Å². The summed E-state index contributed by atoms with van der Waals surface area (Å²) >= 11 is 0. The molecule has 0 unspecified atom stereocenters. The fourth-order valence-electron chi connectivity index (χ4n) is 3.42. The van der Waals surface area contributed by atoms with Gasteiger partial charge in [-0.25, -0.2) is 0 Å². The topological polar surface area (TPSA) is 58.6 Å². The monoisotopic (exact) mass is 366 g/mol. The number of rotatable bonds is 5. The molecule has 3 rings (SSSR count). The molecule has 0 aliphatic carbocycles. The quantitative estimate of drug-likeness (QED) is 0.870. The van der Waals surface area contributed by atoms with Gasteiger partial charge in [-0.05, 0) is 57.0 Å². The summed E-state index contributed by atoms with van der Waals surface area (Å²) < 4.78 is 5.41. The first kappa shape index (κ1) is 19.0. The fourth-order valence-corrected chi connectivity index (χ4v) is 3.42. The highest BCUT2D eigenvalue weighted by Crippen LogP contribution is 2.27. The average Bonchev–Trinajstić information content (AvgIpc) is 2.68. The number of carbonyl (C=O) groups excluding carboxylic acids is 2. The van der Waals surface area contributed by atoms with Crippen LogP contribution in [0.1, 0.15) is 53.7 Å². The molecule has 27 heavy (non-hydrogen) atoms. The molecule has 2 aromatic carbocycles. The van der Waals surface area contributed by atoms with Crippen LogP contribution < -0.4 is 15.0 Å². The van der Waals surface area contributed by atoms with Crippen molar-refractivity contribution in [3.63, 3.8) is 0 Å². The van der Waals surface area contributed by atoms with Crippen LogP contribution in [0.5, 0.6) is 5.75 Å². The molecule has 2 aromatic rings. The van der Waals surface area contributed by atoms with Gasteiger partial charge in [0.1, 0.15) is 5.75 Å². The Kier molecular flexibility index (Phi) is 5.79. The largest absolute Gasteiger partial charge is 0.496 e. The summed E-state index contributed by atoms with van der Waals surface area (Å²) in [6.07, 6.45) is 2.57. The van der Waals surface area contributed by atoms with Gasteiger partial charge < -0.3 is 15.0 Å². The number of anilines is 1. The van der Waals surface area contributed by atoms with E-state index in [0.29, 0.717) is 12.0 Å².